The second kappa shape index (κ2) is 9.86. The fourth-order valence-electron chi connectivity index (χ4n) is 3.55. The van der Waals surface area contributed by atoms with E-state index in [1.807, 2.05) is 12.3 Å². The predicted octanol–water partition coefficient (Wildman–Crippen LogP) is 4.23. The van der Waals surface area contributed by atoms with E-state index in [-0.39, 0.29) is 6.10 Å². The standard InChI is InChI=1S/C23H33N3O/c1-18(2)20-7-9-23(10-8-20)27-19(3)16-25-21-11-14-26(15-12-21)17-22-6-4-5-13-24-22/h4-10,13,18-19,21,25H,11-12,14-17H2,1-3H3. The van der Waals surface area contributed by atoms with Gasteiger partial charge in [0.15, 0.2) is 0 Å². The van der Waals surface area contributed by atoms with E-state index in [0.29, 0.717) is 12.0 Å². The molecule has 1 fully saturated rings. The number of ether oxygens (including phenoxy) is 1. The van der Waals surface area contributed by atoms with Gasteiger partial charge in [0.05, 0.1) is 5.69 Å². The Balaban J connectivity index is 1.35. The maximum Gasteiger partial charge on any atom is 0.119 e. The van der Waals surface area contributed by atoms with Crippen LogP contribution in [0.5, 0.6) is 5.75 Å². The molecule has 1 aliphatic heterocycles. The van der Waals surface area contributed by atoms with E-state index in [4.69, 9.17) is 4.74 Å². The van der Waals surface area contributed by atoms with Gasteiger partial charge in [0.2, 0.25) is 0 Å². The third-order valence-corrected chi connectivity index (χ3v) is 5.28. The van der Waals surface area contributed by atoms with Crippen LogP contribution in [-0.2, 0) is 6.54 Å². The van der Waals surface area contributed by atoms with Crippen molar-refractivity contribution in [2.45, 2.75) is 58.2 Å². The van der Waals surface area contributed by atoms with Gasteiger partial charge in [-0.25, -0.2) is 0 Å². The molecule has 4 heteroatoms. The fraction of sp³-hybridized carbons (Fsp3) is 0.522. The first-order valence-corrected chi connectivity index (χ1v) is 10.2. The highest BCUT2D eigenvalue weighted by Crippen LogP contribution is 2.19. The highest BCUT2D eigenvalue weighted by atomic mass is 16.5. The lowest BCUT2D eigenvalue weighted by atomic mass is 10.0. The summed E-state index contributed by atoms with van der Waals surface area (Å²) in [4.78, 5) is 6.93. The van der Waals surface area contributed by atoms with Gasteiger partial charge in [0, 0.05) is 38.4 Å². The van der Waals surface area contributed by atoms with Crippen LogP contribution in [0.15, 0.2) is 48.7 Å². The van der Waals surface area contributed by atoms with Gasteiger partial charge >= 0.3 is 0 Å². The van der Waals surface area contributed by atoms with Crippen LogP contribution >= 0.6 is 0 Å². The van der Waals surface area contributed by atoms with Gasteiger partial charge in [-0.3, -0.25) is 9.88 Å². The maximum absolute atomic E-state index is 6.06. The quantitative estimate of drug-likeness (QED) is 0.758. The van der Waals surface area contributed by atoms with E-state index in [1.165, 1.54) is 18.4 Å². The van der Waals surface area contributed by atoms with Crippen molar-refractivity contribution in [2.24, 2.45) is 0 Å². The topological polar surface area (TPSA) is 37.4 Å². The normalized spacial score (nSPS) is 17.2. The minimum atomic E-state index is 0.168. The number of piperidine rings is 1. The second-order valence-corrected chi connectivity index (χ2v) is 7.93. The van der Waals surface area contributed by atoms with Crippen LogP contribution in [-0.4, -0.2) is 41.7 Å². The van der Waals surface area contributed by atoms with Crippen molar-refractivity contribution in [3.05, 3.63) is 59.9 Å². The van der Waals surface area contributed by atoms with Gasteiger partial charge < -0.3 is 10.1 Å². The predicted molar refractivity (Wildman–Crippen MR) is 111 cm³/mol. The Morgan fingerprint density at radius 3 is 2.44 bits per heavy atom. The summed E-state index contributed by atoms with van der Waals surface area (Å²) in [5.74, 6) is 1.51. The Morgan fingerprint density at radius 1 is 1.07 bits per heavy atom. The summed E-state index contributed by atoms with van der Waals surface area (Å²) in [6.45, 7) is 10.7. The number of hydrogen-bond acceptors (Lipinski definition) is 4. The van der Waals surface area contributed by atoms with Crippen LogP contribution in [0, 0.1) is 0 Å². The van der Waals surface area contributed by atoms with Crippen molar-refractivity contribution in [3.8, 4) is 5.75 Å². The minimum absolute atomic E-state index is 0.168. The van der Waals surface area contributed by atoms with Crippen molar-refractivity contribution in [1.29, 1.82) is 0 Å². The molecule has 146 valence electrons. The number of nitrogens with one attached hydrogen (secondary N) is 1. The lowest BCUT2D eigenvalue weighted by molar-refractivity contribution is 0.169. The van der Waals surface area contributed by atoms with Crippen molar-refractivity contribution >= 4 is 0 Å². The average Bonchev–Trinajstić information content (AvgIpc) is 2.69. The van der Waals surface area contributed by atoms with Gasteiger partial charge in [0.25, 0.3) is 0 Å². The first-order chi connectivity index (χ1) is 13.1. The Labute approximate surface area is 164 Å². The smallest absolute Gasteiger partial charge is 0.119 e. The van der Waals surface area contributed by atoms with Crippen molar-refractivity contribution in [3.63, 3.8) is 0 Å². The molecule has 1 aliphatic rings. The van der Waals surface area contributed by atoms with Gasteiger partial charge in [-0.2, -0.15) is 0 Å². The van der Waals surface area contributed by atoms with E-state index < -0.39 is 0 Å². The zero-order chi connectivity index (χ0) is 19.1. The lowest BCUT2D eigenvalue weighted by Gasteiger charge is -2.32. The molecule has 1 N–H and O–H groups in total. The summed E-state index contributed by atoms with van der Waals surface area (Å²) in [6.07, 6.45) is 4.41. The van der Waals surface area contributed by atoms with Crippen molar-refractivity contribution in [1.82, 2.24) is 15.2 Å². The third-order valence-electron chi connectivity index (χ3n) is 5.28. The molecule has 2 heterocycles. The first-order valence-electron chi connectivity index (χ1n) is 10.2. The molecule has 0 bridgehead atoms. The summed E-state index contributed by atoms with van der Waals surface area (Å²) in [5.41, 5.74) is 2.51. The van der Waals surface area contributed by atoms with E-state index >= 15 is 0 Å². The molecule has 0 radical (unpaired) electrons. The lowest BCUT2D eigenvalue weighted by Crippen LogP contribution is -2.44. The highest BCUT2D eigenvalue weighted by molar-refractivity contribution is 5.29. The maximum atomic E-state index is 6.06. The van der Waals surface area contributed by atoms with Gasteiger partial charge in [-0.05, 0) is 55.5 Å². The molecule has 27 heavy (non-hydrogen) atoms. The number of pyridine rings is 1. The average molecular weight is 368 g/mol. The Bertz CT molecular complexity index is 664. The molecule has 2 aromatic rings. The summed E-state index contributed by atoms with van der Waals surface area (Å²) in [5, 5.41) is 3.69. The highest BCUT2D eigenvalue weighted by Gasteiger charge is 2.19. The molecule has 1 aromatic carbocycles. The molecular weight excluding hydrogens is 334 g/mol. The van der Waals surface area contributed by atoms with Crippen LogP contribution < -0.4 is 10.1 Å². The minimum Gasteiger partial charge on any atom is -0.489 e. The number of nitrogens with zero attached hydrogens (tertiary/aromatic N) is 2. The second-order valence-electron chi connectivity index (χ2n) is 7.93. The molecule has 1 aromatic heterocycles. The molecule has 3 rings (SSSR count). The number of likely N-dealkylation sites (tertiary alicyclic amines) is 1. The Morgan fingerprint density at radius 2 is 1.81 bits per heavy atom. The molecule has 0 aliphatic carbocycles. The number of rotatable bonds is 8. The van der Waals surface area contributed by atoms with Gasteiger partial charge in [-0.1, -0.05) is 32.0 Å². The molecule has 0 saturated carbocycles. The Kier molecular flexibility index (Phi) is 7.25. The molecule has 1 unspecified atom stereocenters. The summed E-state index contributed by atoms with van der Waals surface area (Å²) in [6, 6.07) is 15.2. The number of benzene rings is 1. The van der Waals surface area contributed by atoms with E-state index in [0.717, 1.165) is 37.6 Å². The van der Waals surface area contributed by atoms with Gasteiger partial charge in [0.1, 0.15) is 11.9 Å². The molecule has 0 amide bonds. The summed E-state index contributed by atoms with van der Waals surface area (Å²) in [7, 11) is 0. The number of aromatic nitrogens is 1. The van der Waals surface area contributed by atoms with Gasteiger partial charge in [-0.15, -0.1) is 0 Å². The summed E-state index contributed by atoms with van der Waals surface area (Å²) < 4.78 is 6.06. The van der Waals surface area contributed by atoms with Crippen LogP contribution in [0.2, 0.25) is 0 Å². The molecule has 1 atom stereocenters. The van der Waals surface area contributed by atoms with Crippen LogP contribution in [0.4, 0.5) is 0 Å². The molecule has 0 spiro atoms. The van der Waals surface area contributed by atoms with E-state index in [2.05, 4.69) is 72.4 Å². The van der Waals surface area contributed by atoms with Crippen molar-refractivity contribution < 1.29 is 4.74 Å². The largest absolute Gasteiger partial charge is 0.489 e. The Hall–Kier alpha value is -1.91. The van der Waals surface area contributed by atoms with Crippen LogP contribution in [0.3, 0.4) is 0 Å². The van der Waals surface area contributed by atoms with Crippen LogP contribution in [0.25, 0.3) is 0 Å². The van der Waals surface area contributed by atoms with Crippen molar-refractivity contribution in [2.75, 3.05) is 19.6 Å². The zero-order valence-electron chi connectivity index (χ0n) is 16.9. The van der Waals surface area contributed by atoms with E-state index in [1.54, 1.807) is 0 Å². The molecular formula is C23H33N3O. The zero-order valence-corrected chi connectivity index (χ0v) is 16.9. The molecule has 4 nitrogen and oxygen atoms in total. The SMILES string of the molecule is CC(CNC1CCN(Cc2ccccn2)CC1)Oc1ccc(C(C)C)cc1. The monoisotopic (exact) mass is 367 g/mol. The van der Waals surface area contributed by atoms with E-state index in [9.17, 15) is 0 Å². The number of hydrogen-bond donors (Lipinski definition) is 1. The molecule has 1 saturated heterocycles. The van der Waals surface area contributed by atoms with Crippen LogP contribution in [0.1, 0.15) is 50.8 Å². The fourth-order valence-corrected chi connectivity index (χ4v) is 3.55. The third kappa shape index (κ3) is 6.33. The summed E-state index contributed by atoms with van der Waals surface area (Å²) >= 11 is 0. The first kappa shape index (κ1) is 19.8.